The number of ether oxygens (including phenoxy) is 2. The largest absolute Gasteiger partial charge is 0.430 e. The second-order valence-corrected chi connectivity index (χ2v) is 7.60. The Kier molecular flexibility index (Phi) is 4.34. The highest BCUT2D eigenvalue weighted by Gasteiger charge is 2.24. The molecule has 4 nitrogen and oxygen atoms in total. The maximum Gasteiger partial charge on any atom is 0.210 e. The quantitative estimate of drug-likeness (QED) is 0.347. The molecule has 0 bridgehead atoms. The summed E-state index contributed by atoms with van der Waals surface area (Å²) < 4.78 is 10.3. The summed E-state index contributed by atoms with van der Waals surface area (Å²) in [4.78, 5) is 9.55. The molecule has 0 aromatic carbocycles. The van der Waals surface area contributed by atoms with E-state index in [-0.39, 0.29) is 6.23 Å². The molecule has 0 aromatic rings. The molecule has 0 amide bonds. The van der Waals surface area contributed by atoms with Crippen LogP contribution < -0.4 is 0 Å². The van der Waals surface area contributed by atoms with E-state index in [1.807, 2.05) is 0 Å². The van der Waals surface area contributed by atoms with Gasteiger partial charge in [-0.15, -0.1) is 0 Å². The van der Waals surface area contributed by atoms with Crippen LogP contribution >= 0.6 is 0 Å². The van der Waals surface area contributed by atoms with Crippen LogP contribution in [0.3, 0.4) is 0 Å². The molecule has 5 heteroatoms. The summed E-state index contributed by atoms with van der Waals surface area (Å²) in [6.45, 7) is 3.91. The first-order chi connectivity index (χ1) is 6.14. The van der Waals surface area contributed by atoms with Gasteiger partial charge < -0.3 is 19.4 Å². The van der Waals surface area contributed by atoms with E-state index in [9.17, 15) is 4.80 Å². The molecule has 2 atom stereocenters. The van der Waals surface area contributed by atoms with Crippen LogP contribution in [0.4, 0.5) is 0 Å². The third-order valence-electron chi connectivity index (χ3n) is 2.05. The van der Waals surface area contributed by atoms with Gasteiger partial charge in [0.25, 0.3) is 0 Å². The summed E-state index contributed by atoms with van der Waals surface area (Å²) in [5.41, 5.74) is 0. The Hall–Kier alpha value is 0.0569. The van der Waals surface area contributed by atoms with Gasteiger partial charge >= 0.3 is 0 Å². The fourth-order valence-corrected chi connectivity index (χ4v) is 2.08. The van der Waals surface area contributed by atoms with Crippen molar-refractivity contribution in [2.24, 2.45) is 0 Å². The molecule has 1 aliphatic heterocycles. The number of epoxide rings is 1. The van der Waals surface area contributed by atoms with Gasteiger partial charge in [0.1, 0.15) is 6.10 Å². The zero-order valence-electron chi connectivity index (χ0n) is 8.03. The van der Waals surface area contributed by atoms with Crippen LogP contribution in [0.5, 0.6) is 0 Å². The highest BCUT2D eigenvalue weighted by atomic mass is 28.4. The minimum absolute atomic E-state index is 0.0568. The molecular formula is C8H18O4Si. The van der Waals surface area contributed by atoms with Crippen LogP contribution in [-0.4, -0.2) is 50.4 Å². The molecule has 1 fully saturated rings. The summed E-state index contributed by atoms with van der Waals surface area (Å²) in [6.07, 6.45) is 1.08. The molecule has 13 heavy (non-hydrogen) atoms. The summed E-state index contributed by atoms with van der Waals surface area (Å²) in [7, 11) is -2.29. The van der Waals surface area contributed by atoms with Crippen molar-refractivity contribution < 1.29 is 19.4 Å². The molecule has 0 radical (unpaired) electrons. The van der Waals surface area contributed by atoms with Gasteiger partial charge in [0.05, 0.1) is 19.4 Å². The Morgan fingerprint density at radius 3 is 2.85 bits per heavy atom. The second kappa shape index (κ2) is 5.07. The number of hydrogen-bond acceptors (Lipinski definition) is 4. The molecule has 2 N–H and O–H groups in total. The lowest BCUT2D eigenvalue weighted by Crippen LogP contribution is -2.35. The molecule has 1 rings (SSSR count). The van der Waals surface area contributed by atoms with E-state index >= 15 is 0 Å². The van der Waals surface area contributed by atoms with E-state index in [1.54, 1.807) is 6.55 Å². The molecule has 0 saturated carbocycles. The SMILES string of the molecule is C[Si](O)(CO)CCCOCC1CO1. The van der Waals surface area contributed by atoms with Crippen LogP contribution in [0, 0.1) is 0 Å². The minimum Gasteiger partial charge on any atom is -0.430 e. The van der Waals surface area contributed by atoms with Crippen molar-refractivity contribution in [2.75, 3.05) is 26.1 Å². The lowest BCUT2D eigenvalue weighted by Gasteiger charge is -2.16. The van der Waals surface area contributed by atoms with Crippen molar-refractivity contribution in [3.05, 3.63) is 0 Å². The average Bonchev–Trinajstić information content (AvgIpc) is 2.87. The van der Waals surface area contributed by atoms with Crippen LogP contribution in [-0.2, 0) is 9.47 Å². The molecule has 0 aliphatic carbocycles. The zero-order chi connectivity index (χ0) is 9.73. The van der Waals surface area contributed by atoms with Gasteiger partial charge in [-0.25, -0.2) is 0 Å². The van der Waals surface area contributed by atoms with E-state index in [2.05, 4.69) is 0 Å². The van der Waals surface area contributed by atoms with Gasteiger partial charge in [-0.05, 0) is 19.0 Å². The first-order valence-corrected chi connectivity index (χ1v) is 7.53. The van der Waals surface area contributed by atoms with Gasteiger partial charge in [-0.3, -0.25) is 0 Å². The van der Waals surface area contributed by atoms with Gasteiger partial charge in [0.2, 0.25) is 8.32 Å². The summed E-state index contributed by atoms with van der Waals surface area (Å²) in [6, 6.07) is 0.703. The number of aliphatic hydroxyl groups excluding tert-OH is 1. The maximum absolute atomic E-state index is 9.55. The predicted molar refractivity (Wildman–Crippen MR) is 50.9 cm³/mol. The zero-order valence-corrected chi connectivity index (χ0v) is 9.03. The Morgan fingerprint density at radius 2 is 2.31 bits per heavy atom. The number of rotatable bonds is 7. The number of hydrogen-bond donors (Lipinski definition) is 2. The maximum atomic E-state index is 9.55. The van der Waals surface area contributed by atoms with Crippen molar-refractivity contribution in [1.29, 1.82) is 0 Å². The van der Waals surface area contributed by atoms with Crippen molar-refractivity contribution in [1.82, 2.24) is 0 Å². The molecule has 78 valence electrons. The van der Waals surface area contributed by atoms with Crippen LogP contribution in [0.15, 0.2) is 0 Å². The normalized spacial score (nSPS) is 25.6. The predicted octanol–water partition coefficient (Wildman–Crippen LogP) is -0.109. The van der Waals surface area contributed by atoms with Crippen molar-refractivity contribution in [3.63, 3.8) is 0 Å². The van der Waals surface area contributed by atoms with Crippen LogP contribution in [0.1, 0.15) is 6.42 Å². The first kappa shape index (κ1) is 11.1. The smallest absolute Gasteiger partial charge is 0.210 e. The highest BCUT2D eigenvalue weighted by molar-refractivity contribution is 6.70. The van der Waals surface area contributed by atoms with Gasteiger partial charge in [-0.2, -0.15) is 0 Å². The average molecular weight is 206 g/mol. The molecule has 1 saturated heterocycles. The monoisotopic (exact) mass is 206 g/mol. The third-order valence-corrected chi connectivity index (χ3v) is 4.16. The Balaban J connectivity index is 1.87. The highest BCUT2D eigenvalue weighted by Crippen LogP contribution is 2.10. The van der Waals surface area contributed by atoms with E-state index in [4.69, 9.17) is 14.6 Å². The second-order valence-electron chi connectivity index (χ2n) is 3.79. The third kappa shape index (κ3) is 5.38. The molecule has 2 unspecified atom stereocenters. The lowest BCUT2D eigenvalue weighted by atomic mass is 10.5. The van der Waals surface area contributed by atoms with Gasteiger partial charge in [0, 0.05) is 6.61 Å². The summed E-state index contributed by atoms with van der Waals surface area (Å²) >= 11 is 0. The number of aliphatic hydroxyl groups is 1. The Bertz CT molecular complexity index is 147. The summed E-state index contributed by atoms with van der Waals surface area (Å²) in [5, 5.41) is 8.80. The van der Waals surface area contributed by atoms with Crippen molar-refractivity contribution in [3.8, 4) is 0 Å². The molecule has 1 heterocycles. The molecular weight excluding hydrogens is 188 g/mol. The van der Waals surface area contributed by atoms with Crippen molar-refractivity contribution >= 4 is 8.32 Å². The summed E-state index contributed by atoms with van der Waals surface area (Å²) in [5.74, 6) is 0. The standard InChI is InChI=1S/C8H18O4Si/c1-13(10,7-9)4-2-3-11-5-8-6-12-8/h8-10H,2-7H2,1H3. The van der Waals surface area contributed by atoms with Gasteiger partial charge in [0.15, 0.2) is 0 Å². The fourth-order valence-electron chi connectivity index (χ4n) is 1.01. The molecule has 0 spiro atoms. The topological polar surface area (TPSA) is 62.2 Å². The lowest BCUT2D eigenvalue weighted by molar-refractivity contribution is 0.116. The molecule has 1 aliphatic rings. The molecule has 0 aromatic heterocycles. The van der Waals surface area contributed by atoms with E-state index in [0.29, 0.717) is 25.4 Å². The van der Waals surface area contributed by atoms with E-state index in [1.165, 1.54) is 0 Å². The fraction of sp³-hybridized carbons (Fsp3) is 1.00. The Labute approximate surface area is 79.6 Å². The van der Waals surface area contributed by atoms with Crippen LogP contribution in [0.2, 0.25) is 12.6 Å². The van der Waals surface area contributed by atoms with Crippen molar-refractivity contribution in [2.45, 2.75) is 25.1 Å². The van der Waals surface area contributed by atoms with Crippen LogP contribution in [0.25, 0.3) is 0 Å². The first-order valence-electron chi connectivity index (χ1n) is 4.67. The van der Waals surface area contributed by atoms with Gasteiger partial charge in [-0.1, -0.05) is 0 Å². The minimum atomic E-state index is -2.29. The van der Waals surface area contributed by atoms with E-state index in [0.717, 1.165) is 13.0 Å². The Morgan fingerprint density at radius 1 is 1.62 bits per heavy atom. The van der Waals surface area contributed by atoms with E-state index < -0.39 is 8.32 Å².